The fraction of sp³-hybridized carbons (Fsp3) is 0.786. The molecule has 4 atom stereocenters. The number of allylic oxidation sites excluding steroid dienone is 2. The summed E-state index contributed by atoms with van der Waals surface area (Å²) in [5, 5.41) is 0.378. The van der Waals surface area contributed by atoms with Gasteiger partial charge in [0.2, 0.25) is 0 Å². The second-order valence-electron chi connectivity index (χ2n) is 5.83. The van der Waals surface area contributed by atoms with Gasteiger partial charge < -0.3 is 4.90 Å². The highest BCUT2D eigenvalue weighted by atomic mass is 35.5. The van der Waals surface area contributed by atoms with Crippen LogP contribution in [0, 0.1) is 5.92 Å². The van der Waals surface area contributed by atoms with Crippen molar-refractivity contribution in [1.82, 2.24) is 4.90 Å². The van der Waals surface area contributed by atoms with E-state index in [-0.39, 0.29) is 0 Å². The minimum atomic E-state index is 0.313. The Bertz CT molecular complexity index is 365. The number of hydrogen-bond donors (Lipinski definition) is 0. The Morgan fingerprint density at radius 3 is 2.94 bits per heavy atom. The third-order valence-corrected chi connectivity index (χ3v) is 5.11. The second kappa shape index (κ2) is 4.31. The highest BCUT2D eigenvalue weighted by Gasteiger charge is 2.42. The summed E-state index contributed by atoms with van der Waals surface area (Å²) in [6, 6.07) is 1.12. The molecule has 2 nitrogen and oxygen atoms in total. The standard InChI is InChI=1S/C14H20ClNO/c1-9-6-13(17)8-12-4-2-10-7-11(15)3-5-14(10)16(9)12/h6,10-12,14H,2-5,7-8H2,1H3. The Morgan fingerprint density at radius 1 is 1.29 bits per heavy atom. The predicted octanol–water partition coefficient (Wildman–Crippen LogP) is 3.10. The van der Waals surface area contributed by atoms with Crippen molar-refractivity contribution in [3.8, 4) is 0 Å². The molecule has 3 heteroatoms. The van der Waals surface area contributed by atoms with Crippen molar-refractivity contribution in [3.63, 3.8) is 0 Å². The van der Waals surface area contributed by atoms with E-state index in [2.05, 4.69) is 11.8 Å². The molecule has 1 saturated carbocycles. The number of rotatable bonds is 0. The number of hydrogen-bond acceptors (Lipinski definition) is 2. The van der Waals surface area contributed by atoms with Crippen molar-refractivity contribution in [3.05, 3.63) is 11.8 Å². The Morgan fingerprint density at radius 2 is 2.12 bits per heavy atom. The van der Waals surface area contributed by atoms with Crippen LogP contribution in [0.3, 0.4) is 0 Å². The molecule has 0 amide bonds. The first-order valence-corrected chi connectivity index (χ1v) is 7.22. The summed E-state index contributed by atoms with van der Waals surface area (Å²) in [6.45, 7) is 2.10. The summed E-state index contributed by atoms with van der Waals surface area (Å²) >= 11 is 6.28. The number of ketones is 1. The monoisotopic (exact) mass is 253 g/mol. The summed E-state index contributed by atoms with van der Waals surface area (Å²) in [5.41, 5.74) is 1.19. The summed E-state index contributed by atoms with van der Waals surface area (Å²) < 4.78 is 0. The van der Waals surface area contributed by atoms with E-state index in [1.807, 2.05) is 6.08 Å². The van der Waals surface area contributed by atoms with Gasteiger partial charge in [-0.2, -0.15) is 0 Å². The molecule has 3 aliphatic rings. The fourth-order valence-corrected chi connectivity index (χ4v) is 4.39. The van der Waals surface area contributed by atoms with Crippen molar-refractivity contribution in [1.29, 1.82) is 0 Å². The van der Waals surface area contributed by atoms with E-state index in [1.54, 1.807) is 0 Å². The van der Waals surface area contributed by atoms with Gasteiger partial charge in [-0.3, -0.25) is 4.79 Å². The third kappa shape index (κ3) is 2.01. The molecule has 0 aromatic heterocycles. The molecule has 0 bridgehead atoms. The minimum absolute atomic E-state index is 0.313. The normalized spacial score (nSPS) is 41.6. The van der Waals surface area contributed by atoms with Gasteiger partial charge in [0.25, 0.3) is 0 Å². The van der Waals surface area contributed by atoms with Crippen LogP contribution in [0.4, 0.5) is 0 Å². The van der Waals surface area contributed by atoms with Gasteiger partial charge in [-0.05, 0) is 44.9 Å². The van der Waals surface area contributed by atoms with Crippen molar-refractivity contribution in [2.24, 2.45) is 5.92 Å². The van der Waals surface area contributed by atoms with Gasteiger partial charge in [0.15, 0.2) is 5.78 Å². The van der Waals surface area contributed by atoms with Crippen LogP contribution in [-0.2, 0) is 4.79 Å². The smallest absolute Gasteiger partial charge is 0.159 e. The maximum Gasteiger partial charge on any atom is 0.159 e. The molecule has 0 aromatic carbocycles. The molecule has 2 heterocycles. The van der Waals surface area contributed by atoms with Crippen molar-refractivity contribution < 1.29 is 4.79 Å². The van der Waals surface area contributed by atoms with Gasteiger partial charge in [0.05, 0.1) is 0 Å². The molecule has 1 aliphatic carbocycles. The van der Waals surface area contributed by atoms with E-state index >= 15 is 0 Å². The first-order valence-electron chi connectivity index (χ1n) is 6.78. The summed E-state index contributed by atoms with van der Waals surface area (Å²) in [6.07, 6.45) is 8.49. The lowest BCUT2D eigenvalue weighted by atomic mass is 9.74. The zero-order valence-electron chi connectivity index (χ0n) is 10.4. The number of nitrogens with zero attached hydrogens (tertiary/aromatic N) is 1. The van der Waals surface area contributed by atoms with Crippen LogP contribution in [0.5, 0.6) is 0 Å². The maximum atomic E-state index is 11.6. The minimum Gasteiger partial charge on any atom is -0.368 e. The van der Waals surface area contributed by atoms with Gasteiger partial charge in [-0.15, -0.1) is 11.6 Å². The second-order valence-corrected chi connectivity index (χ2v) is 6.45. The zero-order chi connectivity index (χ0) is 12.0. The van der Waals surface area contributed by atoms with E-state index in [0.29, 0.717) is 23.2 Å². The summed E-state index contributed by atoms with van der Waals surface area (Å²) in [5.74, 6) is 1.06. The average molecular weight is 254 g/mol. The fourth-order valence-electron chi connectivity index (χ4n) is 4.03. The molecule has 2 aliphatic heterocycles. The van der Waals surface area contributed by atoms with Gasteiger partial charge in [-0.25, -0.2) is 0 Å². The molecule has 17 heavy (non-hydrogen) atoms. The van der Waals surface area contributed by atoms with E-state index in [1.165, 1.54) is 25.0 Å². The molecule has 1 saturated heterocycles. The largest absolute Gasteiger partial charge is 0.368 e. The van der Waals surface area contributed by atoms with Crippen molar-refractivity contribution in [2.75, 3.05) is 0 Å². The lowest BCUT2D eigenvalue weighted by Crippen LogP contribution is -2.54. The van der Waals surface area contributed by atoms with E-state index < -0.39 is 0 Å². The van der Waals surface area contributed by atoms with Crippen molar-refractivity contribution >= 4 is 17.4 Å². The van der Waals surface area contributed by atoms with Gasteiger partial charge >= 0.3 is 0 Å². The number of piperidine rings is 1. The molecule has 0 spiro atoms. The average Bonchev–Trinajstić information content (AvgIpc) is 2.28. The summed E-state index contributed by atoms with van der Waals surface area (Å²) in [7, 11) is 0. The Balaban J connectivity index is 1.85. The first-order chi connectivity index (χ1) is 8.15. The van der Waals surface area contributed by atoms with Crippen LogP contribution in [0.1, 0.15) is 45.4 Å². The number of carbonyl (C=O) groups is 1. The van der Waals surface area contributed by atoms with E-state index in [9.17, 15) is 4.79 Å². The zero-order valence-corrected chi connectivity index (χ0v) is 11.1. The highest BCUT2D eigenvalue weighted by molar-refractivity contribution is 6.20. The topological polar surface area (TPSA) is 20.3 Å². The highest BCUT2D eigenvalue weighted by Crippen LogP contribution is 2.43. The maximum absolute atomic E-state index is 11.6. The molecule has 2 fully saturated rings. The van der Waals surface area contributed by atoms with E-state index in [4.69, 9.17) is 11.6 Å². The third-order valence-electron chi connectivity index (χ3n) is 4.71. The van der Waals surface area contributed by atoms with Gasteiger partial charge in [0, 0.05) is 35.7 Å². The lowest BCUT2D eigenvalue weighted by Gasteiger charge is -2.52. The van der Waals surface area contributed by atoms with Crippen LogP contribution in [0.2, 0.25) is 0 Å². The van der Waals surface area contributed by atoms with Gasteiger partial charge in [0.1, 0.15) is 0 Å². The van der Waals surface area contributed by atoms with E-state index in [0.717, 1.165) is 25.2 Å². The molecule has 3 rings (SSSR count). The molecular formula is C14H20ClNO. The Kier molecular flexibility index (Phi) is 2.94. The molecule has 0 aromatic rings. The number of fused-ring (bicyclic) bond motifs is 3. The summed E-state index contributed by atoms with van der Waals surface area (Å²) in [4.78, 5) is 14.2. The Labute approximate surface area is 108 Å². The molecule has 0 radical (unpaired) electrons. The molecular weight excluding hydrogens is 234 g/mol. The van der Waals surface area contributed by atoms with Crippen LogP contribution < -0.4 is 0 Å². The number of halogens is 1. The number of alkyl halides is 1. The lowest BCUT2D eigenvalue weighted by molar-refractivity contribution is -0.118. The molecule has 94 valence electrons. The van der Waals surface area contributed by atoms with Crippen LogP contribution in [0.25, 0.3) is 0 Å². The Hall–Kier alpha value is -0.500. The van der Waals surface area contributed by atoms with Crippen LogP contribution in [0.15, 0.2) is 11.8 Å². The quantitative estimate of drug-likeness (QED) is 0.619. The number of carbonyl (C=O) groups excluding carboxylic acids is 1. The molecule has 0 N–H and O–H groups in total. The SMILES string of the molecule is CC1=CC(=O)CC2CCC3CC(Cl)CCC3N12. The van der Waals surface area contributed by atoms with Crippen molar-refractivity contribution in [2.45, 2.75) is 62.9 Å². The predicted molar refractivity (Wildman–Crippen MR) is 69.0 cm³/mol. The van der Waals surface area contributed by atoms with Crippen LogP contribution >= 0.6 is 11.6 Å². The first kappa shape index (κ1) is 11.6. The molecule has 4 unspecified atom stereocenters. The van der Waals surface area contributed by atoms with Gasteiger partial charge in [-0.1, -0.05) is 0 Å². The van der Waals surface area contributed by atoms with Crippen LogP contribution in [-0.4, -0.2) is 28.1 Å².